The number of hydrogen-bond donors (Lipinski definition) is 2. The van der Waals surface area contributed by atoms with E-state index in [1.165, 1.54) is 12.1 Å². The molecule has 0 amide bonds. The van der Waals surface area contributed by atoms with Gasteiger partial charge in [0.05, 0.1) is 11.5 Å². The predicted molar refractivity (Wildman–Crippen MR) is 116 cm³/mol. The van der Waals surface area contributed by atoms with Crippen molar-refractivity contribution in [3.63, 3.8) is 0 Å². The van der Waals surface area contributed by atoms with Crippen LogP contribution in [-0.4, -0.2) is 19.8 Å². The van der Waals surface area contributed by atoms with Crippen molar-refractivity contribution in [1.82, 2.24) is 9.78 Å². The Balaban J connectivity index is 1.65. The molecular formula is C17H12Cl3N5O2S. The van der Waals surface area contributed by atoms with Crippen molar-refractivity contribution in [2.24, 2.45) is 0 Å². The summed E-state index contributed by atoms with van der Waals surface area (Å²) in [4.78, 5) is 10.2. The third-order valence-corrected chi connectivity index (χ3v) is 4.70. The van der Waals surface area contributed by atoms with E-state index in [1.54, 1.807) is 35.1 Å². The van der Waals surface area contributed by atoms with Gasteiger partial charge >= 0.3 is 0 Å². The molecule has 1 heterocycles. The van der Waals surface area contributed by atoms with Crippen LogP contribution >= 0.6 is 47.0 Å². The molecule has 0 saturated carbocycles. The largest absolute Gasteiger partial charge is 0.332 e. The van der Waals surface area contributed by atoms with Gasteiger partial charge in [0.15, 0.2) is 10.9 Å². The van der Waals surface area contributed by atoms with E-state index in [0.29, 0.717) is 33.1 Å². The number of nitro benzene ring substituents is 1. The monoisotopic (exact) mass is 455 g/mol. The average Bonchev–Trinajstić information content (AvgIpc) is 2.97. The lowest BCUT2D eigenvalue weighted by Crippen LogP contribution is -2.19. The number of nitrogens with zero attached hydrogens (tertiary/aromatic N) is 3. The highest BCUT2D eigenvalue weighted by Crippen LogP contribution is 2.24. The van der Waals surface area contributed by atoms with Crippen molar-refractivity contribution < 1.29 is 4.92 Å². The van der Waals surface area contributed by atoms with Crippen LogP contribution in [-0.2, 0) is 6.54 Å². The van der Waals surface area contributed by atoms with E-state index in [2.05, 4.69) is 15.7 Å². The molecule has 0 atom stereocenters. The SMILES string of the molecule is O=[N+]([O-])c1ccc(NC(=S)Nc2nn(Cc3ccc(Cl)cc3Cl)cc2Cl)cc1. The summed E-state index contributed by atoms with van der Waals surface area (Å²) in [5.41, 5.74) is 1.42. The summed E-state index contributed by atoms with van der Waals surface area (Å²) in [6.07, 6.45) is 1.64. The number of thiocarbonyl (C=S) groups is 1. The summed E-state index contributed by atoms with van der Waals surface area (Å²) in [6.45, 7) is 0.403. The van der Waals surface area contributed by atoms with Gasteiger partial charge in [-0.2, -0.15) is 5.10 Å². The van der Waals surface area contributed by atoms with Gasteiger partial charge < -0.3 is 10.6 Å². The number of hydrogen-bond acceptors (Lipinski definition) is 4. The van der Waals surface area contributed by atoms with Crippen LogP contribution in [0, 0.1) is 10.1 Å². The summed E-state index contributed by atoms with van der Waals surface area (Å²) >= 11 is 23.5. The molecule has 0 aliphatic carbocycles. The molecule has 11 heteroatoms. The first kappa shape index (κ1) is 20.3. The number of nitro groups is 1. The smallest absolute Gasteiger partial charge is 0.269 e. The van der Waals surface area contributed by atoms with Crippen LogP contribution in [0.25, 0.3) is 0 Å². The van der Waals surface area contributed by atoms with Crippen molar-refractivity contribution >= 4 is 69.3 Å². The Morgan fingerprint density at radius 2 is 1.82 bits per heavy atom. The fourth-order valence-electron chi connectivity index (χ4n) is 2.32. The molecule has 28 heavy (non-hydrogen) atoms. The third-order valence-electron chi connectivity index (χ3n) is 3.63. The van der Waals surface area contributed by atoms with Crippen LogP contribution in [0.5, 0.6) is 0 Å². The fourth-order valence-corrected chi connectivity index (χ4v) is 3.20. The molecule has 0 saturated heterocycles. The molecular weight excluding hydrogens is 445 g/mol. The zero-order valence-electron chi connectivity index (χ0n) is 14.0. The standard InChI is InChI=1S/C17H12Cl3N5O2S/c18-11-2-1-10(14(19)7-11)8-24-9-15(20)16(23-24)22-17(28)21-12-3-5-13(6-4-12)25(26)27/h1-7,9H,8H2,(H2,21,22,23,28). The topological polar surface area (TPSA) is 85.0 Å². The molecule has 144 valence electrons. The lowest BCUT2D eigenvalue weighted by molar-refractivity contribution is -0.384. The lowest BCUT2D eigenvalue weighted by Gasteiger charge is -2.09. The molecule has 0 bridgehead atoms. The first-order chi connectivity index (χ1) is 13.3. The second-order valence-electron chi connectivity index (χ2n) is 5.64. The van der Waals surface area contributed by atoms with Crippen LogP contribution in [0.15, 0.2) is 48.7 Å². The zero-order valence-corrected chi connectivity index (χ0v) is 17.1. The molecule has 2 N–H and O–H groups in total. The summed E-state index contributed by atoms with van der Waals surface area (Å²) < 4.78 is 1.62. The molecule has 0 unspecified atom stereocenters. The van der Waals surface area contributed by atoms with Crippen LogP contribution in [0.4, 0.5) is 17.2 Å². The number of anilines is 2. The highest BCUT2D eigenvalue weighted by molar-refractivity contribution is 7.80. The molecule has 3 aromatic rings. The number of nitrogens with one attached hydrogen (secondary N) is 2. The first-order valence-electron chi connectivity index (χ1n) is 7.81. The average molecular weight is 457 g/mol. The van der Waals surface area contributed by atoms with E-state index in [0.717, 1.165) is 5.56 Å². The Bertz CT molecular complexity index is 1040. The van der Waals surface area contributed by atoms with Crippen molar-refractivity contribution in [3.05, 3.63) is 79.4 Å². The highest BCUT2D eigenvalue weighted by Gasteiger charge is 2.11. The summed E-state index contributed by atoms with van der Waals surface area (Å²) in [5, 5.41) is 22.5. The Kier molecular flexibility index (Phi) is 6.35. The summed E-state index contributed by atoms with van der Waals surface area (Å²) in [6, 6.07) is 11.1. The van der Waals surface area contributed by atoms with Gasteiger partial charge in [-0.05, 0) is 42.0 Å². The Morgan fingerprint density at radius 1 is 1.11 bits per heavy atom. The second-order valence-corrected chi connectivity index (χ2v) is 7.30. The van der Waals surface area contributed by atoms with Crippen LogP contribution < -0.4 is 10.6 Å². The molecule has 0 aliphatic rings. The molecule has 0 spiro atoms. The fraction of sp³-hybridized carbons (Fsp3) is 0.0588. The summed E-state index contributed by atoms with van der Waals surface area (Å²) in [7, 11) is 0. The maximum Gasteiger partial charge on any atom is 0.269 e. The van der Waals surface area contributed by atoms with E-state index in [4.69, 9.17) is 47.0 Å². The molecule has 3 rings (SSSR count). The van der Waals surface area contributed by atoms with Crippen LogP contribution in [0.1, 0.15) is 5.56 Å². The van der Waals surface area contributed by atoms with Gasteiger partial charge in [-0.1, -0.05) is 40.9 Å². The van der Waals surface area contributed by atoms with Crippen LogP contribution in [0.2, 0.25) is 15.1 Å². The Morgan fingerprint density at radius 3 is 2.46 bits per heavy atom. The molecule has 2 aromatic carbocycles. The first-order valence-corrected chi connectivity index (χ1v) is 9.35. The van der Waals surface area contributed by atoms with Gasteiger partial charge in [0.1, 0.15) is 5.02 Å². The molecule has 0 radical (unpaired) electrons. The van der Waals surface area contributed by atoms with Gasteiger partial charge in [-0.15, -0.1) is 0 Å². The highest BCUT2D eigenvalue weighted by atomic mass is 35.5. The van der Waals surface area contributed by atoms with E-state index < -0.39 is 4.92 Å². The second kappa shape index (κ2) is 8.74. The number of benzene rings is 2. The Hall–Kier alpha value is -2.39. The van der Waals surface area contributed by atoms with E-state index in [9.17, 15) is 10.1 Å². The predicted octanol–water partition coefficient (Wildman–Crippen LogP) is 5.61. The molecule has 0 fully saturated rings. The number of rotatable bonds is 5. The van der Waals surface area contributed by atoms with Crippen molar-refractivity contribution in [1.29, 1.82) is 0 Å². The van der Waals surface area contributed by atoms with E-state index >= 15 is 0 Å². The maximum atomic E-state index is 10.7. The van der Waals surface area contributed by atoms with Gasteiger partial charge in [0.25, 0.3) is 5.69 Å². The third kappa shape index (κ3) is 5.11. The Labute approximate surface area is 180 Å². The van der Waals surface area contributed by atoms with Gasteiger partial charge in [0.2, 0.25) is 0 Å². The van der Waals surface area contributed by atoms with E-state index in [-0.39, 0.29) is 10.8 Å². The zero-order chi connectivity index (χ0) is 20.3. The molecule has 1 aromatic heterocycles. The van der Waals surface area contributed by atoms with Crippen LogP contribution in [0.3, 0.4) is 0 Å². The minimum atomic E-state index is -0.473. The number of non-ortho nitro benzene ring substituents is 1. The normalized spacial score (nSPS) is 10.5. The lowest BCUT2D eigenvalue weighted by atomic mass is 10.2. The summed E-state index contributed by atoms with van der Waals surface area (Å²) in [5.74, 6) is 0.367. The minimum Gasteiger partial charge on any atom is -0.332 e. The van der Waals surface area contributed by atoms with Crippen molar-refractivity contribution in [2.45, 2.75) is 6.54 Å². The quantitative estimate of drug-likeness (QED) is 0.295. The van der Waals surface area contributed by atoms with E-state index in [1.807, 2.05) is 6.07 Å². The van der Waals surface area contributed by atoms with Crippen molar-refractivity contribution in [2.75, 3.05) is 10.6 Å². The van der Waals surface area contributed by atoms with Gasteiger partial charge in [-0.25, -0.2) is 0 Å². The minimum absolute atomic E-state index is 0.00734. The van der Waals surface area contributed by atoms with Gasteiger partial charge in [0, 0.05) is 34.1 Å². The maximum absolute atomic E-state index is 10.7. The number of halogens is 3. The molecule has 0 aliphatic heterocycles. The van der Waals surface area contributed by atoms with Gasteiger partial charge in [-0.3, -0.25) is 14.8 Å². The molecule has 7 nitrogen and oxygen atoms in total. The van der Waals surface area contributed by atoms with Crippen molar-refractivity contribution in [3.8, 4) is 0 Å². The number of aromatic nitrogens is 2.